The summed E-state index contributed by atoms with van der Waals surface area (Å²) in [5.74, 6) is -0.325. The zero-order chi connectivity index (χ0) is 24.9. The van der Waals surface area contributed by atoms with Crippen molar-refractivity contribution in [1.29, 1.82) is 0 Å². The summed E-state index contributed by atoms with van der Waals surface area (Å²) in [7, 11) is 0.267. The summed E-state index contributed by atoms with van der Waals surface area (Å²) in [6.45, 7) is 0.988. The molecule has 182 valence electrons. The van der Waals surface area contributed by atoms with Crippen LogP contribution in [0, 0.1) is 5.92 Å². The highest BCUT2D eigenvalue weighted by Crippen LogP contribution is 2.57. The fourth-order valence-electron chi connectivity index (χ4n) is 6.00. The summed E-state index contributed by atoms with van der Waals surface area (Å²) in [5.41, 5.74) is 7.26. The fourth-order valence-corrected chi connectivity index (χ4v) is 6.49. The van der Waals surface area contributed by atoms with Gasteiger partial charge in [-0.05, 0) is 30.2 Å². The number of quaternary nitrogens is 1. The summed E-state index contributed by atoms with van der Waals surface area (Å²) in [4.78, 5) is 11.5. The molecule has 4 N–H and O–H groups in total. The zero-order valence-corrected chi connectivity index (χ0v) is 20.0. The lowest BCUT2D eigenvalue weighted by Gasteiger charge is -2.59. The van der Waals surface area contributed by atoms with Gasteiger partial charge in [-0.25, -0.2) is 8.42 Å². The minimum absolute atomic E-state index is 0.0261. The average molecular weight is 487 g/mol. The highest BCUT2D eigenvalue weighted by Gasteiger charge is 2.59. The van der Waals surface area contributed by atoms with Gasteiger partial charge in [0.1, 0.15) is 15.9 Å². The van der Waals surface area contributed by atoms with Gasteiger partial charge in [-0.2, -0.15) is 0 Å². The maximum Gasteiger partial charge on any atom is 0.252 e. The lowest BCUT2D eigenvalue weighted by atomic mass is 9.53. The van der Waals surface area contributed by atoms with Crippen molar-refractivity contribution in [2.24, 2.45) is 11.7 Å². The van der Waals surface area contributed by atoms with E-state index >= 15 is 0 Å². The van der Waals surface area contributed by atoms with E-state index in [0.717, 1.165) is 35.0 Å². The van der Waals surface area contributed by atoms with E-state index in [1.165, 1.54) is 24.3 Å². The molecule has 4 atom stereocenters. The number of benzene rings is 2. The van der Waals surface area contributed by atoms with E-state index in [1.54, 1.807) is 12.1 Å². The van der Waals surface area contributed by atoms with Crippen LogP contribution in [-0.2, 0) is 22.0 Å². The second-order valence-corrected chi connectivity index (χ2v) is 11.4. The van der Waals surface area contributed by atoms with E-state index < -0.39 is 22.1 Å². The van der Waals surface area contributed by atoms with E-state index in [0.29, 0.717) is 12.5 Å². The third-order valence-electron chi connectivity index (χ3n) is 7.69. The molecule has 2 aromatic carbocycles. The van der Waals surface area contributed by atoms with Crippen LogP contribution < -0.4 is 5.73 Å². The van der Waals surface area contributed by atoms with Gasteiger partial charge in [-0.15, -0.1) is 0 Å². The third-order valence-corrected chi connectivity index (χ3v) is 8.54. The summed E-state index contributed by atoms with van der Waals surface area (Å²) < 4.78 is 31.8. The molecular weight excluding hydrogens is 456 g/mol. The number of primary amides is 1. The molecule has 9 heteroatoms. The Morgan fingerprint density at radius 2 is 1.82 bits per heavy atom. The molecular formula is C25H30N2O6S. The SMILES string of the molecule is C[N+]1(C)CC[C@]23CC(O)C=CC2[C@H]1Cc1ccc(C(N)=O)c(O)c13.O=S(=O)([O-])c1ccccc1. The standard InChI is InChI=1S/C19H24N2O3.C6H6O3S/c1-21(2)8-7-19-10-12(22)4-6-14(19)15(21)9-11-3-5-13(18(20)24)17(23)16(11)19;7-10(8,9)6-4-2-1-3-5-6/h3-6,12,14-15,22H,7-10H2,1-2H3,(H2-,20,23,24);1-5H,(H,7,8,9)/t12?,14?,15-,19+;/m1./s1. The number of aromatic hydroxyl groups is 1. The van der Waals surface area contributed by atoms with Crippen molar-refractivity contribution in [3.8, 4) is 5.75 Å². The maximum absolute atomic E-state index is 11.7. The molecule has 0 aromatic heterocycles. The van der Waals surface area contributed by atoms with Crippen molar-refractivity contribution in [3.63, 3.8) is 0 Å². The number of amides is 1. The quantitative estimate of drug-likeness (QED) is 0.335. The minimum Gasteiger partial charge on any atom is -0.744 e. The molecule has 2 aromatic rings. The van der Waals surface area contributed by atoms with Crippen molar-refractivity contribution in [2.75, 3.05) is 20.6 Å². The van der Waals surface area contributed by atoms with Crippen molar-refractivity contribution in [2.45, 2.75) is 41.7 Å². The second kappa shape index (κ2) is 8.49. The van der Waals surface area contributed by atoms with Crippen LogP contribution in [0.5, 0.6) is 5.75 Å². The van der Waals surface area contributed by atoms with Gasteiger partial charge < -0.3 is 25.0 Å². The fraction of sp³-hybridized carbons (Fsp3) is 0.400. The predicted octanol–water partition coefficient (Wildman–Crippen LogP) is 1.66. The van der Waals surface area contributed by atoms with Crippen molar-refractivity contribution in [1.82, 2.24) is 0 Å². The number of carbonyl (C=O) groups is 1. The Bertz CT molecular complexity index is 1240. The number of rotatable bonds is 2. The van der Waals surface area contributed by atoms with Gasteiger partial charge in [0.05, 0.1) is 43.2 Å². The number of carbonyl (C=O) groups excluding carboxylic acids is 1. The minimum atomic E-state index is -4.25. The average Bonchev–Trinajstić information content (AvgIpc) is 2.76. The number of hydrogen-bond acceptors (Lipinski definition) is 6. The Labute approximate surface area is 199 Å². The lowest BCUT2D eigenvalue weighted by molar-refractivity contribution is -0.926. The van der Waals surface area contributed by atoms with Gasteiger partial charge in [0.25, 0.3) is 5.91 Å². The molecule has 34 heavy (non-hydrogen) atoms. The number of aliphatic hydroxyl groups excluding tert-OH is 1. The van der Waals surface area contributed by atoms with Crippen LogP contribution in [0.25, 0.3) is 0 Å². The molecule has 0 saturated carbocycles. The molecule has 1 heterocycles. The number of likely N-dealkylation sites (tertiary alicyclic amines) is 1. The molecule has 3 aliphatic rings. The Morgan fingerprint density at radius 1 is 1.15 bits per heavy atom. The summed E-state index contributed by atoms with van der Waals surface area (Å²) in [5, 5.41) is 21.2. The largest absolute Gasteiger partial charge is 0.744 e. The number of likely N-dealkylation sites (N-methyl/N-ethyl adjacent to an activating group) is 1. The zero-order valence-electron chi connectivity index (χ0n) is 19.2. The van der Waals surface area contributed by atoms with Crippen LogP contribution in [0.3, 0.4) is 0 Å². The van der Waals surface area contributed by atoms with Crippen LogP contribution in [-0.4, -0.2) is 66.4 Å². The first-order chi connectivity index (χ1) is 15.9. The normalized spacial score (nSPS) is 28.6. The smallest absolute Gasteiger partial charge is 0.252 e. The van der Waals surface area contributed by atoms with Gasteiger partial charge in [0.2, 0.25) is 0 Å². The monoisotopic (exact) mass is 486 g/mol. The Hall–Kier alpha value is -2.72. The number of phenols is 1. The molecule has 0 spiro atoms. The van der Waals surface area contributed by atoms with Crippen molar-refractivity contribution in [3.05, 3.63) is 71.3 Å². The van der Waals surface area contributed by atoms with Gasteiger partial charge in [-0.3, -0.25) is 4.79 Å². The molecule has 0 radical (unpaired) electrons. The Balaban J connectivity index is 0.000000231. The topological polar surface area (TPSA) is 141 Å². The van der Waals surface area contributed by atoms with Crippen molar-refractivity contribution >= 4 is 16.0 Å². The number of aliphatic hydroxyl groups is 1. The van der Waals surface area contributed by atoms with E-state index in [4.69, 9.17) is 5.73 Å². The molecule has 2 aliphatic carbocycles. The lowest BCUT2D eigenvalue weighted by Crippen LogP contribution is -2.67. The molecule has 1 saturated heterocycles. The highest BCUT2D eigenvalue weighted by molar-refractivity contribution is 7.85. The molecule has 1 aliphatic heterocycles. The van der Waals surface area contributed by atoms with Gasteiger partial charge in [0, 0.05) is 29.7 Å². The molecule has 1 fully saturated rings. The third kappa shape index (κ3) is 4.13. The van der Waals surface area contributed by atoms with E-state index in [9.17, 15) is 28.0 Å². The summed E-state index contributed by atoms with van der Waals surface area (Å²) in [6.07, 6.45) is 5.84. The highest BCUT2D eigenvalue weighted by atomic mass is 32.2. The van der Waals surface area contributed by atoms with E-state index in [1.807, 2.05) is 12.1 Å². The number of nitrogens with two attached hydrogens (primary N) is 1. The Morgan fingerprint density at radius 3 is 2.41 bits per heavy atom. The molecule has 2 bridgehead atoms. The van der Waals surface area contributed by atoms with Gasteiger partial charge in [-0.1, -0.05) is 36.4 Å². The van der Waals surface area contributed by atoms with Gasteiger partial charge in [0.15, 0.2) is 0 Å². The van der Waals surface area contributed by atoms with Crippen molar-refractivity contribution < 1.29 is 32.5 Å². The number of nitrogens with zero attached hydrogens (tertiary/aromatic N) is 1. The molecule has 8 nitrogen and oxygen atoms in total. The second-order valence-electron chi connectivity index (χ2n) is 9.99. The van der Waals surface area contributed by atoms with Crippen LogP contribution in [0.15, 0.2) is 59.5 Å². The Kier molecular flexibility index (Phi) is 6.10. The number of piperidine rings is 1. The first kappa shape index (κ1) is 24.4. The molecule has 1 amide bonds. The van der Waals surface area contributed by atoms with Crippen LogP contribution >= 0.6 is 0 Å². The summed E-state index contributed by atoms with van der Waals surface area (Å²) in [6, 6.07) is 11.2. The van der Waals surface area contributed by atoms with Crippen LogP contribution in [0.1, 0.15) is 34.3 Å². The number of fused-ring (bicyclic) bond motifs is 1. The van der Waals surface area contributed by atoms with E-state index in [-0.39, 0.29) is 27.5 Å². The van der Waals surface area contributed by atoms with Crippen LogP contribution in [0.2, 0.25) is 0 Å². The number of hydrogen-bond donors (Lipinski definition) is 3. The summed E-state index contributed by atoms with van der Waals surface area (Å²) >= 11 is 0. The van der Waals surface area contributed by atoms with Crippen LogP contribution in [0.4, 0.5) is 0 Å². The maximum atomic E-state index is 11.7. The predicted molar refractivity (Wildman–Crippen MR) is 125 cm³/mol. The van der Waals surface area contributed by atoms with E-state index in [2.05, 4.69) is 20.2 Å². The molecule has 2 unspecified atom stereocenters. The van der Waals surface area contributed by atoms with Gasteiger partial charge >= 0.3 is 0 Å². The first-order valence-corrected chi connectivity index (χ1v) is 12.6. The molecule has 5 rings (SSSR count). The first-order valence-electron chi connectivity index (χ1n) is 11.2.